The SMILES string of the molecule is O=C(NC(=S)Nc1cccc(NC(=O)C2CCCCC2)c1)c1cc([N+](=O)[O-])cc([N+](=O)[O-])c1. The minimum atomic E-state index is -0.846. The van der Waals surface area contributed by atoms with Crippen LogP contribution in [0.2, 0.25) is 0 Å². The fraction of sp³-hybridized carbons (Fsp3) is 0.286. The van der Waals surface area contributed by atoms with Crippen LogP contribution in [0.25, 0.3) is 0 Å². The highest BCUT2D eigenvalue weighted by Gasteiger charge is 2.22. The van der Waals surface area contributed by atoms with Crippen LogP contribution in [-0.2, 0) is 4.79 Å². The standard InChI is InChI=1S/C21H21N5O6S/c27-19(13-5-2-1-3-6-13)22-15-7-4-8-16(11-15)23-21(33)24-20(28)14-9-17(25(29)30)12-18(10-14)26(31)32/h4,7-13H,1-3,5-6H2,(H,22,27)(H2,23,24,28,33). The molecule has 172 valence electrons. The Morgan fingerprint density at radius 3 is 2.03 bits per heavy atom. The van der Waals surface area contributed by atoms with Crippen LogP contribution in [-0.4, -0.2) is 26.8 Å². The first kappa shape index (κ1) is 23.7. The number of hydrogen-bond donors (Lipinski definition) is 3. The number of nitrogens with zero attached hydrogens (tertiary/aromatic N) is 2. The Hall–Kier alpha value is -3.93. The molecule has 0 unspecified atom stereocenters. The van der Waals surface area contributed by atoms with Crippen molar-refractivity contribution in [3.63, 3.8) is 0 Å². The van der Waals surface area contributed by atoms with Gasteiger partial charge in [0.05, 0.1) is 21.5 Å². The predicted octanol–water partition coefficient (Wildman–Crippen LogP) is 4.15. The average molecular weight is 471 g/mol. The van der Waals surface area contributed by atoms with Gasteiger partial charge in [-0.3, -0.25) is 35.1 Å². The fourth-order valence-electron chi connectivity index (χ4n) is 3.56. The third-order valence-electron chi connectivity index (χ3n) is 5.18. The Kier molecular flexibility index (Phi) is 7.61. The number of amides is 2. The Morgan fingerprint density at radius 2 is 1.45 bits per heavy atom. The molecule has 0 spiro atoms. The van der Waals surface area contributed by atoms with E-state index in [1.165, 1.54) is 0 Å². The molecule has 3 rings (SSSR count). The maximum Gasteiger partial charge on any atom is 0.277 e. The summed E-state index contributed by atoms with van der Waals surface area (Å²) in [7, 11) is 0. The van der Waals surface area contributed by atoms with E-state index in [4.69, 9.17) is 12.2 Å². The van der Waals surface area contributed by atoms with Gasteiger partial charge in [-0.25, -0.2) is 0 Å². The number of nitro groups is 2. The topological polar surface area (TPSA) is 157 Å². The third-order valence-corrected chi connectivity index (χ3v) is 5.38. The second-order valence-corrected chi connectivity index (χ2v) is 7.97. The van der Waals surface area contributed by atoms with Gasteiger partial charge in [-0.2, -0.15) is 0 Å². The second kappa shape index (κ2) is 10.6. The molecule has 2 aromatic rings. The molecule has 0 radical (unpaired) electrons. The predicted molar refractivity (Wildman–Crippen MR) is 125 cm³/mol. The summed E-state index contributed by atoms with van der Waals surface area (Å²) in [4.78, 5) is 45.2. The lowest BCUT2D eigenvalue weighted by molar-refractivity contribution is -0.394. The Labute approximate surface area is 193 Å². The van der Waals surface area contributed by atoms with Gasteiger partial charge < -0.3 is 10.6 Å². The summed E-state index contributed by atoms with van der Waals surface area (Å²) in [6.45, 7) is 0. The quantitative estimate of drug-likeness (QED) is 0.322. The maximum absolute atomic E-state index is 12.4. The third kappa shape index (κ3) is 6.53. The molecule has 0 bridgehead atoms. The van der Waals surface area contributed by atoms with Crippen molar-refractivity contribution in [1.29, 1.82) is 0 Å². The fourth-order valence-corrected chi connectivity index (χ4v) is 3.77. The summed E-state index contributed by atoms with van der Waals surface area (Å²) in [5, 5.41) is 29.9. The summed E-state index contributed by atoms with van der Waals surface area (Å²) in [6.07, 6.45) is 4.98. The molecule has 0 heterocycles. The first-order valence-corrected chi connectivity index (χ1v) is 10.6. The molecule has 2 amide bonds. The number of hydrogen-bond acceptors (Lipinski definition) is 7. The molecular weight excluding hydrogens is 450 g/mol. The molecule has 2 aromatic carbocycles. The van der Waals surface area contributed by atoms with Gasteiger partial charge in [-0.15, -0.1) is 0 Å². The summed E-state index contributed by atoms with van der Waals surface area (Å²) in [5.74, 6) is -0.884. The monoisotopic (exact) mass is 471 g/mol. The number of carbonyl (C=O) groups excluding carboxylic acids is 2. The van der Waals surface area contributed by atoms with Crippen molar-refractivity contribution in [3.05, 3.63) is 68.3 Å². The van der Waals surface area contributed by atoms with E-state index < -0.39 is 27.1 Å². The molecule has 3 N–H and O–H groups in total. The first-order chi connectivity index (χ1) is 15.7. The number of carbonyl (C=O) groups is 2. The van der Waals surface area contributed by atoms with Crippen molar-refractivity contribution >= 4 is 51.9 Å². The number of rotatable bonds is 6. The van der Waals surface area contributed by atoms with E-state index in [2.05, 4.69) is 16.0 Å². The molecule has 0 atom stereocenters. The number of nitrogens with one attached hydrogen (secondary N) is 3. The van der Waals surface area contributed by atoms with Crippen molar-refractivity contribution in [2.45, 2.75) is 32.1 Å². The Balaban J connectivity index is 1.64. The zero-order valence-corrected chi connectivity index (χ0v) is 18.2. The van der Waals surface area contributed by atoms with Crippen LogP contribution in [0.5, 0.6) is 0 Å². The van der Waals surface area contributed by atoms with Crippen molar-refractivity contribution < 1.29 is 19.4 Å². The number of benzene rings is 2. The van der Waals surface area contributed by atoms with Crippen molar-refractivity contribution in [2.75, 3.05) is 10.6 Å². The summed E-state index contributed by atoms with van der Waals surface area (Å²) < 4.78 is 0. The van der Waals surface area contributed by atoms with E-state index in [1.807, 2.05) is 0 Å². The van der Waals surface area contributed by atoms with Crippen LogP contribution in [0, 0.1) is 26.1 Å². The highest BCUT2D eigenvalue weighted by Crippen LogP contribution is 2.26. The van der Waals surface area contributed by atoms with E-state index in [9.17, 15) is 29.8 Å². The van der Waals surface area contributed by atoms with Crippen molar-refractivity contribution in [2.24, 2.45) is 5.92 Å². The number of nitro benzene ring substituents is 2. The number of thiocarbonyl (C=S) groups is 1. The van der Waals surface area contributed by atoms with Crippen molar-refractivity contribution in [1.82, 2.24) is 5.32 Å². The van der Waals surface area contributed by atoms with E-state index in [-0.39, 0.29) is 22.5 Å². The van der Waals surface area contributed by atoms with Crippen LogP contribution in [0.4, 0.5) is 22.7 Å². The highest BCUT2D eigenvalue weighted by molar-refractivity contribution is 7.80. The second-order valence-electron chi connectivity index (χ2n) is 7.57. The van der Waals surface area contributed by atoms with Gasteiger partial charge in [0, 0.05) is 29.4 Å². The molecule has 0 aromatic heterocycles. The van der Waals surface area contributed by atoms with Gasteiger partial charge in [-0.1, -0.05) is 25.3 Å². The molecule has 1 fully saturated rings. The molecule has 12 heteroatoms. The van der Waals surface area contributed by atoms with Crippen LogP contribution in [0.1, 0.15) is 42.5 Å². The minimum Gasteiger partial charge on any atom is -0.332 e. The summed E-state index contributed by atoms with van der Waals surface area (Å²) >= 11 is 5.12. The largest absolute Gasteiger partial charge is 0.332 e. The number of non-ortho nitro benzene ring substituents is 2. The lowest BCUT2D eigenvalue weighted by Crippen LogP contribution is -2.34. The van der Waals surface area contributed by atoms with Gasteiger partial charge in [-0.05, 0) is 43.3 Å². The zero-order valence-electron chi connectivity index (χ0n) is 17.4. The van der Waals surface area contributed by atoms with E-state index in [0.29, 0.717) is 11.4 Å². The van der Waals surface area contributed by atoms with Crippen LogP contribution >= 0.6 is 12.2 Å². The molecule has 0 saturated heterocycles. The van der Waals surface area contributed by atoms with Gasteiger partial charge in [0.25, 0.3) is 17.3 Å². The van der Waals surface area contributed by atoms with Gasteiger partial charge in [0.2, 0.25) is 5.91 Å². The lowest BCUT2D eigenvalue weighted by atomic mass is 9.88. The maximum atomic E-state index is 12.4. The van der Waals surface area contributed by atoms with Crippen LogP contribution < -0.4 is 16.0 Å². The Morgan fingerprint density at radius 1 is 0.879 bits per heavy atom. The summed E-state index contributed by atoms with van der Waals surface area (Å²) in [5.41, 5.74) is -0.399. The minimum absolute atomic E-state index is 0.00489. The molecule has 33 heavy (non-hydrogen) atoms. The van der Waals surface area contributed by atoms with Crippen molar-refractivity contribution in [3.8, 4) is 0 Å². The smallest absolute Gasteiger partial charge is 0.277 e. The first-order valence-electron chi connectivity index (χ1n) is 10.2. The average Bonchev–Trinajstić information content (AvgIpc) is 2.79. The van der Waals surface area contributed by atoms with E-state index in [1.54, 1.807) is 24.3 Å². The van der Waals surface area contributed by atoms with Gasteiger partial charge in [0.1, 0.15) is 0 Å². The molecule has 0 aliphatic heterocycles. The van der Waals surface area contributed by atoms with E-state index in [0.717, 1.165) is 50.3 Å². The summed E-state index contributed by atoms with van der Waals surface area (Å²) in [6, 6.07) is 9.37. The Bertz CT molecular complexity index is 1080. The van der Waals surface area contributed by atoms with E-state index >= 15 is 0 Å². The molecule has 1 saturated carbocycles. The van der Waals surface area contributed by atoms with Crippen LogP contribution in [0.15, 0.2) is 42.5 Å². The van der Waals surface area contributed by atoms with Gasteiger partial charge in [0.15, 0.2) is 5.11 Å². The number of anilines is 2. The molecule has 1 aliphatic carbocycles. The van der Waals surface area contributed by atoms with Gasteiger partial charge >= 0.3 is 0 Å². The zero-order chi connectivity index (χ0) is 24.0. The normalized spacial score (nSPS) is 13.6. The molecule has 1 aliphatic rings. The highest BCUT2D eigenvalue weighted by atomic mass is 32.1. The lowest BCUT2D eigenvalue weighted by Gasteiger charge is -2.21. The van der Waals surface area contributed by atoms with Crippen LogP contribution in [0.3, 0.4) is 0 Å². The molecular formula is C21H21N5O6S. The molecule has 11 nitrogen and oxygen atoms in total.